The molecule has 1 aromatic carbocycles. The number of rotatable bonds is 5. The number of aromatic nitrogens is 1. The zero-order valence-corrected chi connectivity index (χ0v) is 11.9. The van der Waals surface area contributed by atoms with Crippen LogP contribution in [-0.4, -0.2) is 25.6 Å². The third kappa shape index (κ3) is 3.47. The molecule has 112 valence electrons. The lowest BCUT2D eigenvalue weighted by molar-refractivity contribution is 0.281. The molecule has 2 N–H and O–H groups in total. The van der Waals surface area contributed by atoms with Crippen LogP contribution in [0, 0.1) is 5.82 Å². The lowest BCUT2D eigenvalue weighted by Crippen LogP contribution is -2.14. The number of halogens is 1. The summed E-state index contributed by atoms with van der Waals surface area (Å²) in [5.41, 5.74) is 0.652. The van der Waals surface area contributed by atoms with Gasteiger partial charge in [-0.05, 0) is 23.8 Å². The van der Waals surface area contributed by atoms with Crippen LogP contribution >= 0.6 is 0 Å². The highest BCUT2D eigenvalue weighted by atomic mass is 32.2. The van der Waals surface area contributed by atoms with E-state index in [2.05, 4.69) is 9.71 Å². The predicted octanol–water partition coefficient (Wildman–Crippen LogP) is 1.52. The van der Waals surface area contributed by atoms with E-state index in [0.29, 0.717) is 5.56 Å². The van der Waals surface area contributed by atoms with Crippen LogP contribution in [0.3, 0.4) is 0 Å². The van der Waals surface area contributed by atoms with Crippen LogP contribution in [0.15, 0.2) is 41.6 Å². The Labute approximate surface area is 121 Å². The molecule has 2 rings (SSSR count). The lowest BCUT2D eigenvalue weighted by atomic mass is 10.3. The van der Waals surface area contributed by atoms with Gasteiger partial charge in [0.1, 0.15) is 0 Å². The maximum Gasteiger partial charge on any atom is 0.279 e. The van der Waals surface area contributed by atoms with Crippen molar-refractivity contribution in [3.05, 3.63) is 47.9 Å². The molecule has 0 bridgehead atoms. The summed E-state index contributed by atoms with van der Waals surface area (Å²) in [4.78, 5) is 3.76. The van der Waals surface area contributed by atoms with E-state index >= 15 is 0 Å². The molecule has 0 saturated heterocycles. The van der Waals surface area contributed by atoms with Crippen molar-refractivity contribution < 1.29 is 22.7 Å². The van der Waals surface area contributed by atoms with E-state index in [-0.39, 0.29) is 23.1 Å². The Kier molecular flexibility index (Phi) is 4.39. The van der Waals surface area contributed by atoms with Gasteiger partial charge in [-0.2, -0.15) is 8.42 Å². The molecule has 1 aromatic heterocycles. The first-order valence-electron chi connectivity index (χ1n) is 5.88. The predicted molar refractivity (Wildman–Crippen MR) is 73.9 cm³/mol. The van der Waals surface area contributed by atoms with Gasteiger partial charge in [-0.1, -0.05) is 6.07 Å². The Morgan fingerprint density at radius 1 is 1.33 bits per heavy atom. The zero-order chi connectivity index (χ0) is 15.5. The summed E-state index contributed by atoms with van der Waals surface area (Å²) in [6, 6.07) is 6.33. The maximum atomic E-state index is 13.3. The fourth-order valence-corrected chi connectivity index (χ4v) is 2.57. The minimum atomic E-state index is -3.90. The molecule has 0 radical (unpaired) electrons. The van der Waals surface area contributed by atoms with Crippen LogP contribution in [-0.2, 0) is 16.6 Å². The average Bonchev–Trinajstić information content (AvgIpc) is 2.49. The molecule has 0 spiro atoms. The molecule has 0 saturated carbocycles. The molecule has 2 aromatic rings. The summed E-state index contributed by atoms with van der Waals surface area (Å²) >= 11 is 0. The van der Waals surface area contributed by atoms with Crippen LogP contribution in [0.4, 0.5) is 10.1 Å². The van der Waals surface area contributed by atoms with Crippen molar-refractivity contribution in [1.82, 2.24) is 4.98 Å². The molecule has 8 heteroatoms. The zero-order valence-electron chi connectivity index (χ0n) is 11.1. The standard InChI is InChI=1S/C13H13FN2O4S/c1-20-12-6-10(3-4-11(12)14)16-21(18,19)13-5-2-9(8-17)7-15-13/h2-7,16-17H,8H2,1H3. The van der Waals surface area contributed by atoms with Gasteiger partial charge in [0.25, 0.3) is 10.0 Å². The van der Waals surface area contributed by atoms with E-state index in [4.69, 9.17) is 9.84 Å². The number of ether oxygens (including phenoxy) is 1. The summed E-state index contributed by atoms with van der Waals surface area (Å²) in [5, 5.41) is 8.69. The van der Waals surface area contributed by atoms with Crippen LogP contribution in [0.2, 0.25) is 0 Å². The molecule has 0 atom stereocenters. The average molecular weight is 312 g/mol. The molecule has 6 nitrogen and oxygen atoms in total. The molecule has 0 amide bonds. The number of aliphatic hydroxyl groups is 1. The highest BCUT2D eigenvalue weighted by Gasteiger charge is 2.16. The van der Waals surface area contributed by atoms with Gasteiger partial charge < -0.3 is 9.84 Å². The van der Waals surface area contributed by atoms with Gasteiger partial charge in [0, 0.05) is 12.3 Å². The number of pyridine rings is 1. The second kappa shape index (κ2) is 6.06. The molecule has 0 fully saturated rings. The summed E-state index contributed by atoms with van der Waals surface area (Å²) in [6.07, 6.45) is 1.26. The Morgan fingerprint density at radius 3 is 2.67 bits per heavy atom. The van der Waals surface area contributed by atoms with Gasteiger partial charge in [-0.3, -0.25) is 4.72 Å². The Bertz CT molecular complexity index is 732. The summed E-state index contributed by atoms with van der Waals surface area (Å²) < 4.78 is 44.6. The smallest absolute Gasteiger partial charge is 0.279 e. The second-order valence-electron chi connectivity index (χ2n) is 4.12. The number of nitrogens with zero attached hydrogens (tertiary/aromatic N) is 1. The van der Waals surface area contributed by atoms with E-state index in [9.17, 15) is 12.8 Å². The Morgan fingerprint density at radius 2 is 2.10 bits per heavy atom. The van der Waals surface area contributed by atoms with Crippen molar-refractivity contribution in [1.29, 1.82) is 0 Å². The van der Waals surface area contributed by atoms with Gasteiger partial charge in [-0.25, -0.2) is 9.37 Å². The quantitative estimate of drug-likeness (QED) is 0.874. The first-order chi connectivity index (χ1) is 9.96. The molecule has 21 heavy (non-hydrogen) atoms. The fraction of sp³-hybridized carbons (Fsp3) is 0.154. The molecule has 0 aliphatic rings. The summed E-state index contributed by atoms with van der Waals surface area (Å²) in [6.45, 7) is -0.226. The van der Waals surface area contributed by atoms with E-state index in [0.717, 1.165) is 6.07 Å². The number of nitrogens with one attached hydrogen (secondary N) is 1. The fourth-order valence-electron chi connectivity index (χ4n) is 1.59. The van der Waals surface area contributed by atoms with Crippen LogP contribution in [0.5, 0.6) is 5.75 Å². The second-order valence-corrected chi connectivity index (χ2v) is 5.75. The van der Waals surface area contributed by atoms with E-state index in [1.54, 1.807) is 0 Å². The number of anilines is 1. The highest BCUT2D eigenvalue weighted by molar-refractivity contribution is 7.92. The SMILES string of the molecule is COc1cc(NS(=O)(=O)c2ccc(CO)cn2)ccc1F. The van der Waals surface area contributed by atoms with Crippen LogP contribution in [0.1, 0.15) is 5.56 Å². The highest BCUT2D eigenvalue weighted by Crippen LogP contribution is 2.23. The Balaban J connectivity index is 2.28. The van der Waals surface area contributed by atoms with Crippen molar-refractivity contribution in [2.24, 2.45) is 0 Å². The molecule has 0 aliphatic carbocycles. The number of hydrogen-bond acceptors (Lipinski definition) is 5. The number of sulfonamides is 1. The minimum Gasteiger partial charge on any atom is -0.494 e. The van der Waals surface area contributed by atoms with Gasteiger partial charge in [-0.15, -0.1) is 0 Å². The molecule has 0 unspecified atom stereocenters. The normalized spacial score (nSPS) is 11.2. The van der Waals surface area contributed by atoms with Crippen molar-refractivity contribution in [2.45, 2.75) is 11.6 Å². The summed E-state index contributed by atoms with van der Waals surface area (Å²) in [7, 11) is -2.61. The van der Waals surface area contributed by atoms with Crippen LogP contribution in [0.25, 0.3) is 0 Å². The topological polar surface area (TPSA) is 88.5 Å². The Hall–Kier alpha value is -2.19. The number of benzene rings is 1. The van der Waals surface area contributed by atoms with Crippen molar-refractivity contribution in [3.8, 4) is 5.75 Å². The number of aliphatic hydroxyl groups excluding tert-OH is 1. The summed E-state index contributed by atoms with van der Waals surface area (Å²) in [5.74, 6) is -0.662. The third-order valence-corrected chi connectivity index (χ3v) is 3.96. The van der Waals surface area contributed by atoms with Gasteiger partial charge in [0.05, 0.1) is 19.4 Å². The van der Waals surface area contributed by atoms with Crippen LogP contribution < -0.4 is 9.46 Å². The molecular formula is C13H13FN2O4S. The monoisotopic (exact) mass is 312 g/mol. The number of hydrogen-bond donors (Lipinski definition) is 2. The van der Waals surface area contributed by atoms with Crippen molar-refractivity contribution >= 4 is 15.7 Å². The van der Waals surface area contributed by atoms with Crippen molar-refractivity contribution in [2.75, 3.05) is 11.8 Å². The molecule has 1 heterocycles. The van der Waals surface area contributed by atoms with Crippen molar-refractivity contribution in [3.63, 3.8) is 0 Å². The first kappa shape index (κ1) is 15.2. The molecular weight excluding hydrogens is 299 g/mol. The van der Waals surface area contributed by atoms with E-state index in [1.807, 2.05) is 0 Å². The number of methoxy groups -OCH3 is 1. The van der Waals surface area contributed by atoms with Gasteiger partial charge in [0.2, 0.25) is 0 Å². The lowest BCUT2D eigenvalue weighted by Gasteiger charge is -2.09. The molecule has 0 aliphatic heterocycles. The first-order valence-corrected chi connectivity index (χ1v) is 7.37. The van der Waals surface area contributed by atoms with Gasteiger partial charge in [0.15, 0.2) is 16.6 Å². The minimum absolute atomic E-state index is 0.0706. The van der Waals surface area contributed by atoms with E-state index < -0.39 is 15.8 Å². The largest absolute Gasteiger partial charge is 0.494 e. The van der Waals surface area contributed by atoms with E-state index in [1.165, 1.54) is 37.6 Å². The van der Waals surface area contributed by atoms with Gasteiger partial charge >= 0.3 is 0 Å². The maximum absolute atomic E-state index is 13.3. The third-order valence-electron chi connectivity index (χ3n) is 2.66.